The van der Waals surface area contributed by atoms with Crippen molar-refractivity contribution in [1.82, 2.24) is 14.8 Å². The van der Waals surface area contributed by atoms with Gasteiger partial charge in [-0.2, -0.15) is 0 Å². The summed E-state index contributed by atoms with van der Waals surface area (Å²) in [5.74, 6) is 2.14. The predicted octanol–water partition coefficient (Wildman–Crippen LogP) is 4.33. The molecule has 1 aromatic heterocycles. The van der Waals surface area contributed by atoms with Gasteiger partial charge in [-0.05, 0) is 37.5 Å². The first-order valence-electron chi connectivity index (χ1n) is 9.72. The Morgan fingerprint density at radius 3 is 2.72 bits per heavy atom. The summed E-state index contributed by atoms with van der Waals surface area (Å²) in [5.41, 5.74) is 1.91. The van der Waals surface area contributed by atoms with Gasteiger partial charge in [0.1, 0.15) is 11.6 Å². The molecular weight excluding hydrogens is 384 g/mol. The molecule has 0 saturated heterocycles. The van der Waals surface area contributed by atoms with Gasteiger partial charge in [0.2, 0.25) is 5.91 Å². The second-order valence-electron chi connectivity index (χ2n) is 7.17. The number of methoxy groups -OCH3 is 1. The third kappa shape index (κ3) is 4.79. The van der Waals surface area contributed by atoms with Crippen molar-refractivity contribution in [2.24, 2.45) is 0 Å². The number of aromatic nitrogens is 3. The molecule has 1 aliphatic rings. The number of nitrogens with one attached hydrogen (secondary N) is 1. The number of carbonyl (C=O) groups excluding carboxylic acids is 1. The molecule has 1 atom stereocenters. The highest BCUT2D eigenvalue weighted by molar-refractivity contribution is 8.00. The van der Waals surface area contributed by atoms with Gasteiger partial charge >= 0.3 is 0 Å². The van der Waals surface area contributed by atoms with Gasteiger partial charge < -0.3 is 14.6 Å². The second kappa shape index (κ2) is 8.69. The molecule has 0 radical (unpaired) electrons. The lowest BCUT2D eigenvalue weighted by atomic mass is 10.2. The maximum atomic E-state index is 12.7. The number of benzene rings is 2. The molecule has 1 N–H and O–H groups in total. The molecule has 1 fully saturated rings. The molecule has 4 rings (SSSR count). The summed E-state index contributed by atoms with van der Waals surface area (Å²) in [5, 5.41) is 12.3. The molecule has 1 aliphatic carbocycles. The van der Waals surface area contributed by atoms with E-state index in [-0.39, 0.29) is 11.2 Å². The first-order chi connectivity index (χ1) is 14.1. The SMILES string of the molecule is COc1cccc(NC(=O)[C@H](C)Sc2nnc(C3CC3)n2Cc2ccccc2)c1. The van der Waals surface area contributed by atoms with Crippen LogP contribution in [0.15, 0.2) is 59.8 Å². The molecule has 0 spiro atoms. The summed E-state index contributed by atoms with van der Waals surface area (Å²) in [4.78, 5) is 12.7. The van der Waals surface area contributed by atoms with E-state index in [0.717, 1.165) is 23.8 Å². The minimum Gasteiger partial charge on any atom is -0.497 e. The topological polar surface area (TPSA) is 69.0 Å². The van der Waals surface area contributed by atoms with Crippen LogP contribution in [-0.2, 0) is 11.3 Å². The van der Waals surface area contributed by atoms with Gasteiger partial charge in [-0.15, -0.1) is 10.2 Å². The van der Waals surface area contributed by atoms with Gasteiger partial charge in [0.15, 0.2) is 5.16 Å². The van der Waals surface area contributed by atoms with Gasteiger partial charge in [0.05, 0.1) is 18.9 Å². The molecule has 1 heterocycles. The lowest BCUT2D eigenvalue weighted by molar-refractivity contribution is -0.115. The van der Waals surface area contributed by atoms with Crippen LogP contribution in [0.2, 0.25) is 0 Å². The van der Waals surface area contributed by atoms with E-state index in [9.17, 15) is 4.79 Å². The molecule has 0 aliphatic heterocycles. The molecule has 2 aromatic carbocycles. The third-order valence-electron chi connectivity index (χ3n) is 4.86. The summed E-state index contributed by atoms with van der Waals surface area (Å²) in [7, 11) is 1.61. The van der Waals surface area contributed by atoms with Gasteiger partial charge in [-0.3, -0.25) is 4.79 Å². The fourth-order valence-electron chi connectivity index (χ4n) is 3.10. The Morgan fingerprint density at radius 2 is 2.00 bits per heavy atom. The van der Waals surface area contributed by atoms with Crippen LogP contribution >= 0.6 is 11.8 Å². The molecule has 1 saturated carbocycles. The van der Waals surface area contributed by atoms with Crippen molar-refractivity contribution in [3.63, 3.8) is 0 Å². The number of amides is 1. The van der Waals surface area contributed by atoms with Crippen molar-refractivity contribution in [3.05, 3.63) is 66.0 Å². The normalized spacial score (nSPS) is 14.4. The predicted molar refractivity (Wildman–Crippen MR) is 114 cm³/mol. The lowest BCUT2D eigenvalue weighted by Gasteiger charge is -2.14. The summed E-state index contributed by atoms with van der Waals surface area (Å²) >= 11 is 1.44. The first kappa shape index (κ1) is 19.5. The molecule has 1 amide bonds. The van der Waals surface area contributed by atoms with Crippen LogP contribution in [0.4, 0.5) is 5.69 Å². The zero-order valence-electron chi connectivity index (χ0n) is 16.5. The van der Waals surface area contributed by atoms with Crippen LogP contribution in [0.5, 0.6) is 5.75 Å². The summed E-state index contributed by atoms with van der Waals surface area (Å²) in [6, 6.07) is 17.6. The highest BCUT2D eigenvalue weighted by atomic mass is 32.2. The Morgan fingerprint density at radius 1 is 1.21 bits per heavy atom. The highest BCUT2D eigenvalue weighted by Crippen LogP contribution is 2.40. The summed E-state index contributed by atoms with van der Waals surface area (Å²) < 4.78 is 7.38. The Kier molecular flexibility index (Phi) is 5.85. The Labute approximate surface area is 174 Å². The van der Waals surface area contributed by atoms with Crippen molar-refractivity contribution in [2.75, 3.05) is 12.4 Å². The lowest BCUT2D eigenvalue weighted by Crippen LogP contribution is -2.23. The van der Waals surface area contributed by atoms with Gasteiger partial charge in [-0.25, -0.2) is 0 Å². The van der Waals surface area contributed by atoms with E-state index in [0.29, 0.717) is 23.9 Å². The number of thioether (sulfide) groups is 1. The zero-order chi connectivity index (χ0) is 20.2. The molecule has 7 heteroatoms. The van der Waals surface area contributed by atoms with Crippen LogP contribution in [0, 0.1) is 0 Å². The number of ether oxygens (including phenoxy) is 1. The first-order valence-corrected chi connectivity index (χ1v) is 10.6. The van der Waals surface area contributed by atoms with Crippen molar-refractivity contribution in [1.29, 1.82) is 0 Å². The number of hydrogen-bond acceptors (Lipinski definition) is 5. The number of anilines is 1. The molecule has 0 bridgehead atoms. The Bertz CT molecular complexity index is 985. The zero-order valence-corrected chi connectivity index (χ0v) is 17.4. The number of rotatable bonds is 8. The van der Waals surface area contributed by atoms with E-state index >= 15 is 0 Å². The minimum atomic E-state index is -0.313. The average molecular weight is 409 g/mol. The molecule has 3 aromatic rings. The van der Waals surface area contributed by atoms with Crippen LogP contribution in [-0.4, -0.2) is 33.0 Å². The van der Waals surface area contributed by atoms with Crippen molar-refractivity contribution in [2.45, 2.75) is 42.6 Å². The number of carbonyl (C=O) groups is 1. The summed E-state index contributed by atoms with van der Waals surface area (Å²) in [6.07, 6.45) is 2.31. The molecular formula is C22H24N4O2S. The molecule has 6 nitrogen and oxygen atoms in total. The van der Waals surface area contributed by atoms with E-state index in [1.807, 2.05) is 43.3 Å². The molecule has 150 valence electrons. The number of nitrogens with zero attached hydrogens (tertiary/aromatic N) is 3. The fourth-order valence-corrected chi connectivity index (χ4v) is 3.96. The monoisotopic (exact) mass is 408 g/mol. The smallest absolute Gasteiger partial charge is 0.237 e. The maximum Gasteiger partial charge on any atom is 0.237 e. The van der Waals surface area contributed by atoms with Crippen molar-refractivity contribution in [3.8, 4) is 5.75 Å². The van der Waals surface area contributed by atoms with Gasteiger partial charge in [0.25, 0.3) is 0 Å². The van der Waals surface area contributed by atoms with E-state index in [1.165, 1.54) is 17.3 Å². The standard InChI is InChI=1S/C22H24N4O2S/c1-15(21(27)23-18-9-6-10-19(13-18)28-2)29-22-25-24-20(17-11-12-17)26(22)14-16-7-4-3-5-8-16/h3-10,13,15,17H,11-12,14H2,1-2H3,(H,23,27)/t15-/m0/s1. The van der Waals surface area contributed by atoms with Gasteiger partial charge in [-0.1, -0.05) is 48.2 Å². The Hall–Kier alpha value is -2.80. The highest BCUT2D eigenvalue weighted by Gasteiger charge is 2.31. The van der Waals surface area contributed by atoms with Crippen LogP contribution < -0.4 is 10.1 Å². The second-order valence-corrected chi connectivity index (χ2v) is 8.48. The fraction of sp³-hybridized carbons (Fsp3) is 0.318. The minimum absolute atomic E-state index is 0.0783. The maximum absolute atomic E-state index is 12.7. The van der Waals surface area contributed by atoms with E-state index in [2.05, 4.69) is 32.2 Å². The Balaban J connectivity index is 1.48. The quantitative estimate of drug-likeness (QED) is 0.562. The largest absolute Gasteiger partial charge is 0.497 e. The van der Waals surface area contributed by atoms with Crippen molar-refractivity contribution >= 4 is 23.4 Å². The van der Waals surface area contributed by atoms with Gasteiger partial charge in [0, 0.05) is 17.7 Å². The summed E-state index contributed by atoms with van der Waals surface area (Å²) in [6.45, 7) is 2.60. The van der Waals surface area contributed by atoms with E-state index in [4.69, 9.17) is 4.74 Å². The van der Waals surface area contributed by atoms with Crippen molar-refractivity contribution < 1.29 is 9.53 Å². The average Bonchev–Trinajstić information content (AvgIpc) is 3.52. The molecule has 0 unspecified atom stereocenters. The van der Waals surface area contributed by atoms with E-state index in [1.54, 1.807) is 13.2 Å². The van der Waals surface area contributed by atoms with Crippen LogP contribution in [0.25, 0.3) is 0 Å². The molecule has 29 heavy (non-hydrogen) atoms. The number of hydrogen-bond donors (Lipinski definition) is 1. The van der Waals surface area contributed by atoms with Crippen LogP contribution in [0.3, 0.4) is 0 Å². The van der Waals surface area contributed by atoms with E-state index < -0.39 is 0 Å². The third-order valence-corrected chi connectivity index (χ3v) is 5.94. The van der Waals surface area contributed by atoms with Crippen LogP contribution in [0.1, 0.15) is 37.1 Å².